The lowest BCUT2D eigenvalue weighted by molar-refractivity contribution is -0.110. The Morgan fingerprint density at radius 2 is 1.92 bits per heavy atom. The molecule has 0 radical (unpaired) electrons. The van der Waals surface area contributed by atoms with Crippen molar-refractivity contribution in [1.82, 2.24) is 9.55 Å². The zero-order chi connectivity index (χ0) is 16.8. The number of nitrogens with one attached hydrogen (secondary N) is 1. The summed E-state index contributed by atoms with van der Waals surface area (Å²) in [7, 11) is 1.66. The van der Waals surface area contributed by atoms with Crippen LogP contribution in [0.15, 0.2) is 47.3 Å². The van der Waals surface area contributed by atoms with Crippen molar-refractivity contribution in [3.63, 3.8) is 0 Å². The number of anilines is 1. The highest BCUT2D eigenvalue weighted by Gasteiger charge is 2.24. The minimum atomic E-state index is -0.182. The predicted octanol–water partition coefficient (Wildman–Crippen LogP) is 2.73. The molecule has 2 heterocycles. The zero-order valence-corrected chi connectivity index (χ0v) is 13.3. The molecule has 0 atom stereocenters. The van der Waals surface area contributed by atoms with Crippen molar-refractivity contribution in [1.29, 1.82) is 0 Å². The molecule has 0 saturated heterocycles. The van der Waals surface area contributed by atoms with E-state index in [0.717, 1.165) is 16.8 Å². The number of hydrogen-bond donors (Lipinski definition) is 1. The SMILES string of the molecule is Cc1ccc2c(c1)/C(=C\c1nc3ccccc3c(=O)n1C)C(=O)N2. The molecule has 1 N–H and O–H groups in total. The van der Waals surface area contributed by atoms with Gasteiger partial charge in [0.25, 0.3) is 11.5 Å². The number of benzene rings is 2. The number of para-hydroxylation sites is 1. The van der Waals surface area contributed by atoms with Gasteiger partial charge in [0, 0.05) is 18.3 Å². The summed E-state index contributed by atoms with van der Waals surface area (Å²) >= 11 is 0. The highest BCUT2D eigenvalue weighted by Crippen LogP contribution is 2.33. The molecule has 5 nitrogen and oxygen atoms in total. The monoisotopic (exact) mass is 317 g/mol. The molecule has 24 heavy (non-hydrogen) atoms. The number of fused-ring (bicyclic) bond motifs is 2. The molecule has 0 saturated carbocycles. The van der Waals surface area contributed by atoms with Gasteiger partial charge in [-0.3, -0.25) is 14.2 Å². The number of nitrogens with zero attached hydrogens (tertiary/aromatic N) is 2. The molecule has 0 unspecified atom stereocenters. The average Bonchev–Trinajstić information content (AvgIpc) is 2.88. The first-order valence-corrected chi connectivity index (χ1v) is 7.64. The van der Waals surface area contributed by atoms with Crippen molar-refractivity contribution in [3.8, 4) is 0 Å². The van der Waals surface area contributed by atoms with E-state index in [4.69, 9.17) is 0 Å². The third-order valence-electron chi connectivity index (χ3n) is 4.25. The van der Waals surface area contributed by atoms with Crippen LogP contribution < -0.4 is 10.9 Å². The van der Waals surface area contributed by atoms with Crippen LogP contribution in [0, 0.1) is 6.92 Å². The van der Waals surface area contributed by atoms with E-state index in [-0.39, 0.29) is 11.5 Å². The van der Waals surface area contributed by atoms with Gasteiger partial charge in [-0.05, 0) is 37.3 Å². The summed E-state index contributed by atoms with van der Waals surface area (Å²) in [5, 5.41) is 3.41. The van der Waals surface area contributed by atoms with E-state index in [1.807, 2.05) is 37.3 Å². The number of amides is 1. The summed E-state index contributed by atoms with van der Waals surface area (Å²) in [4.78, 5) is 29.3. The van der Waals surface area contributed by atoms with E-state index in [1.165, 1.54) is 4.57 Å². The first-order valence-electron chi connectivity index (χ1n) is 7.64. The van der Waals surface area contributed by atoms with Gasteiger partial charge in [0.2, 0.25) is 0 Å². The third kappa shape index (κ3) is 2.13. The molecule has 2 aromatic carbocycles. The van der Waals surface area contributed by atoms with E-state index >= 15 is 0 Å². The second-order valence-electron chi connectivity index (χ2n) is 5.91. The molecular formula is C19H15N3O2. The van der Waals surface area contributed by atoms with Gasteiger partial charge < -0.3 is 5.32 Å². The van der Waals surface area contributed by atoms with Gasteiger partial charge in [-0.2, -0.15) is 0 Å². The van der Waals surface area contributed by atoms with Crippen molar-refractivity contribution in [2.24, 2.45) is 7.05 Å². The van der Waals surface area contributed by atoms with Gasteiger partial charge in [0.05, 0.1) is 16.5 Å². The second kappa shape index (κ2) is 5.16. The molecule has 0 bridgehead atoms. The van der Waals surface area contributed by atoms with Crippen molar-refractivity contribution in [2.75, 3.05) is 5.32 Å². The van der Waals surface area contributed by atoms with Gasteiger partial charge in [0.1, 0.15) is 5.82 Å². The van der Waals surface area contributed by atoms with Gasteiger partial charge >= 0.3 is 0 Å². The fourth-order valence-corrected chi connectivity index (χ4v) is 2.94. The fraction of sp³-hybridized carbons (Fsp3) is 0.105. The molecule has 4 rings (SSSR count). The smallest absolute Gasteiger partial charge is 0.261 e. The normalized spacial score (nSPS) is 14.9. The van der Waals surface area contributed by atoms with Crippen LogP contribution in [0.25, 0.3) is 22.6 Å². The topological polar surface area (TPSA) is 64.0 Å². The molecule has 3 aromatic rings. The number of rotatable bonds is 1. The molecule has 1 aliphatic heterocycles. The Labute approximate surface area is 138 Å². The lowest BCUT2D eigenvalue weighted by Crippen LogP contribution is -2.20. The molecular weight excluding hydrogens is 302 g/mol. The molecule has 1 aliphatic rings. The Balaban J connectivity index is 1.96. The van der Waals surface area contributed by atoms with Gasteiger partial charge in [-0.25, -0.2) is 4.98 Å². The number of carbonyl (C=O) groups is 1. The van der Waals surface area contributed by atoms with Crippen LogP contribution >= 0.6 is 0 Å². The standard InChI is InChI=1S/C19H15N3O2/c1-11-7-8-16-13(9-11)14(18(23)21-16)10-17-20-15-6-4-3-5-12(15)19(24)22(17)2/h3-10H,1-2H3,(H,21,23)/b14-10+. The van der Waals surface area contributed by atoms with Gasteiger partial charge in [-0.15, -0.1) is 0 Å². The lowest BCUT2D eigenvalue weighted by Gasteiger charge is -2.07. The van der Waals surface area contributed by atoms with E-state index in [2.05, 4.69) is 10.3 Å². The zero-order valence-electron chi connectivity index (χ0n) is 13.3. The number of carbonyl (C=O) groups excluding carboxylic acids is 1. The molecule has 0 spiro atoms. The Hall–Kier alpha value is -3.21. The van der Waals surface area contributed by atoms with Crippen molar-refractivity contribution >= 4 is 34.1 Å². The highest BCUT2D eigenvalue weighted by atomic mass is 16.2. The number of aryl methyl sites for hydroxylation is 1. The van der Waals surface area contributed by atoms with Crippen molar-refractivity contribution < 1.29 is 4.79 Å². The summed E-state index contributed by atoms with van der Waals surface area (Å²) < 4.78 is 1.47. The Bertz CT molecular complexity index is 1090. The van der Waals surface area contributed by atoms with Gasteiger partial charge in [0.15, 0.2) is 0 Å². The summed E-state index contributed by atoms with van der Waals surface area (Å²) in [6.07, 6.45) is 1.68. The Kier molecular flexibility index (Phi) is 3.09. The quantitative estimate of drug-likeness (QED) is 0.702. The molecule has 0 fully saturated rings. The van der Waals surface area contributed by atoms with E-state index < -0.39 is 0 Å². The minimum Gasteiger partial charge on any atom is -0.321 e. The molecule has 118 valence electrons. The van der Waals surface area contributed by atoms with Crippen LogP contribution in [-0.4, -0.2) is 15.5 Å². The Morgan fingerprint density at radius 1 is 1.12 bits per heavy atom. The summed E-state index contributed by atoms with van der Waals surface area (Å²) in [5.74, 6) is 0.274. The van der Waals surface area contributed by atoms with Crippen LogP contribution in [0.5, 0.6) is 0 Å². The van der Waals surface area contributed by atoms with E-state index in [0.29, 0.717) is 22.3 Å². The van der Waals surface area contributed by atoms with Crippen LogP contribution in [0.4, 0.5) is 5.69 Å². The summed E-state index contributed by atoms with van der Waals surface area (Å²) in [5.41, 5.74) is 3.69. The van der Waals surface area contributed by atoms with Crippen LogP contribution in [0.3, 0.4) is 0 Å². The van der Waals surface area contributed by atoms with E-state index in [1.54, 1.807) is 25.3 Å². The molecule has 1 aromatic heterocycles. The van der Waals surface area contributed by atoms with Crippen LogP contribution in [0.1, 0.15) is 17.0 Å². The molecule has 5 heteroatoms. The van der Waals surface area contributed by atoms with E-state index in [9.17, 15) is 9.59 Å². The third-order valence-corrected chi connectivity index (χ3v) is 4.25. The highest BCUT2D eigenvalue weighted by molar-refractivity contribution is 6.34. The van der Waals surface area contributed by atoms with Gasteiger partial charge in [-0.1, -0.05) is 23.8 Å². The van der Waals surface area contributed by atoms with Crippen molar-refractivity contribution in [3.05, 3.63) is 69.8 Å². The first kappa shape index (κ1) is 14.4. The second-order valence-corrected chi connectivity index (χ2v) is 5.91. The molecule has 0 aliphatic carbocycles. The Morgan fingerprint density at radius 3 is 2.75 bits per heavy atom. The maximum atomic E-state index is 12.5. The minimum absolute atomic E-state index is 0.129. The summed E-state index contributed by atoms with van der Waals surface area (Å²) in [6.45, 7) is 1.98. The number of aromatic nitrogens is 2. The van der Waals surface area contributed by atoms with Crippen molar-refractivity contribution in [2.45, 2.75) is 6.92 Å². The lowest BCUT2D eigenvalue weighted by atomic mass is 10.0. The van der Waals surface area contributed by atoms with Crippen LogP contribution in [0.2, 0.25) is 0 Å². The molecule has 1 amide bonds. The number of hydrogen-bond acceptors (Lipinski definition) is 3. The first-order chi connectivity index (χ1) is 11.5. The predicted molar refractivity (Wildman–Crippen MR) is 94.7 cm³/mol. The largest absolute Gasteiger partial charge is 0.321 e. The maximum Gasteiger partial charge on any atom is 0.261 e. The maximum absolute atomic E-state index is 12.5. The average molecular weight is 317 g/mol. The summed E-state index contributed by atoms with van der Waals surface area (Å²) in [6, 6.07) is 13.0. The fourth-order valence-electron chi connectivity index (χ4n) is 2.94. The van der Waals surface area contributed by atoms with Crippen LogP contribution in [-0.2, 0) is 11.8 Å².